The van der Waals surface area contributed by atoms with Gasteiger partial charge in [-0.05, 0) is 46.1 Å². The molecule has 86 valence electrons. The van der Waals surface area contributed by atoms with Crippen molar-refractivity contribution in [2.75, 3.05) is 46.8 Å². The number of hydrogen-bond donors (Lipinski definition) is 2. The molecule has 0 spiro atoms. The van der Waals surface area contributed by atoms with Crippen LogP contribution in [0.4, 0.5) is 0 Å². The van der Waals surface area contributed by atoms with Crippen LogP contribution in [0.25, 0.3) is 0 Å². The van der Waals surface area contributed by atoms with Gasteiger partial charge in [0.2, 0.25) is 0 Å². The Morgan fingerprint density at radius 3 is 2.21 bits per heavy atom. The minimum atomic E-state index is 0.761. The molecule has 0 saturated carbocycles. The molecule has 0 aliphatic heterocycles. The van der Waals surface area contributed by atoms with E-state index in [1.165, 1.54) is 6.42 Å². The Bertz CT molecular complexity index is 99.1. The standard InChI is InChI=1S/C11H27N3/c1-11(2)10-13-7-5-6-12-8-9-14(3)4/h11-13H,5-10H2,1-4H3. The highest BCUT2D eigenvalue weighted by molar-refractivity contribution is 4.55. The molecule has 0 aromatic heterocycles. The summed E-state index contributed by atoms with van der Waals surface area (Å²) in [6.45, 7) is 10.1. The van der Waals surface area contributed by atoms with Crippen LogP contribution in [-0.4, -0.2) is 51.7 Å². The molecule has 0 heterocycles. The summed E-state index contributed by atoms with van der Waals surface area (Å²) >= 11 is 0. The predicted octanol–water partition coefficient (Wildman–Crippen LogP) is 0.773. The number of nitrogens with zero attached hydrogens (tertiary/aromatic N) is 1. The van der Waals surface area contributed by atoms with Crippen LogP contribution in [0.5, 0.6) is 0 Å². The van der Waals surface area contributed by atoms with Crippen LogP contribution in [0, 0.1) is 5.92 Å². The number of rotatable bonds is 9. The molecule has 0 aliphatic carbocycles. The van der Waals surface area contributed by atoms with Gasteiger partial charge in [0.25, 0.3) is 0 Å². The maximum absolute atomic E-state index is 3.43. The average Bonchev–Trinajstić information content (AvgIpc) is 2.08. The Hall–Kier alpha value is -0.120. The van der Waals surface area contributed by atoms with Gasteiger partial charge in [-0.2, -0.15) is 0 Å². The van der Waals surface area contributed by atoms with Gasteiger partial charge in [-0.3, -0.25) is 0 Å². The van der Waals surface area contributed by atoms with Crippen molar-refractivity contribution in [2.45, 2.75) is 20.3 Å². The number of hydrogen-bond acceptors (Lipinski definition) is 3. The van der Waals surface area contributed by atoms with Gasteiger partial charge in [-0.1, -0.05) is 13.8 Å². The van der Waals surface area contributed by atoms with Crippen molar-refractivity contribution in [2.24, 2.45) is 5.92 Å². The van der Waals surface area contributed by atoms with E-state index in [0.29, 0.717) is 0 Å². The SMILES string of the molecule is CC(C)CNCCCNCCN(C)C. The molecule has 0 atom stereocenters. The molecule has 0 unspecified atom stereocenters. The molecule has 0 aliphatic rings. The van der Waals surface area contributed by atoms with E-state index in [-0.39, 0.29) is 0 Å². The molecule has 0 bridgehead atoms. The summed E-state index contributed by atoms with van der Waals surface area (Å²) in [5.74, 6) is 0.761. The molecule has 0 aromatic carbocycles. The van der Waals surface area contributed by atoms with E-state index in [2.05, 4.69) is 43.5 Å². The first-order valence-corrected chi connectivity index (χ1v) is 5.69. The van der Waals surface area contributed by atoms with Crippen molar-refractivity contribution in [3.05, 3.63) is 0 Å². The summed E-state index contributed by atoms with van der Waals surface area (Å²) in [4.78, 5) is 2.20. The second-order valence-electron chi connectivity index (χ2n) is 4.50. The summed E-state index contributed by atoms with van der Waals surface area (Å²) in [5.41, 5.74) is 0. The average molecular weight is 201 g/mol. The lowest BCUT2D eigenvalue weighted by Crippen LogP contribution is -2.29. The summed E-state index contributed by atoms with van der Waals surface area (Å²) in [7, 11) is 4.21. The molecule has 14 heavy (non-hydrogen) atoms. The smallest absolute Gasteiger partial charge is 0.0101 e. The van der Waals surface area contributed by atoms with Crippen molar-refractivity contribution < 1.29 is 0 Å². The topological polar surface area (TPSA) is 27.3 Å². The van der Waals surface area contributed by atoms with E-state index in [0.717, 1.165) is 38.6 Å². The van der Waals surface area contributed by atoms with E-state index in [9.17, 15) is 0 Å². The van der Waals surface area contributed by atoms with Crippen LogP contribution >= 0.6 is 0 Å². The van der Waals surface area contributed by atoms with Gasteiger partial charge >= 0.3 is 0 Å². The summed E-state index contributed by atoms with van der Waals surface area (Å²) in [5, 5.41) is 6.86. The van der Waals surface area contributed by atoms with Crippen LogP contribution in [0.1, 0.15) is 20.3 Å². The fourth-order valence-corrected chi connectivity index (χ4v) is 1.16. The summed E-state index contributed by atoms with van der Waals surface area (Å²) < 4.78 is 0. The zero-order valence-electron chi connectivity index (χ0n) is 10.3. The van der Waals surface area contributed by atoms with E-state index in [4.69, 9.17) is 0 Å². The van der Waals surface area contributed by atoms with E-state index in [1.807, 2.05) is 0 Å². The monoisotopic (exact) mass is 201 g/mol. The lowest BCUT2D eigenvalue weighted by molar-refractivity contribution is 0.398. The lowest BCUT2D eigenvalue weighted by Gasteiger charge is -2.10. The first-order valence-electron chi connectivity index (χ1n) is 5.69. The molecular formula is C11H27N3. The zero-order valence-corrected chi connectivity index (χ0v) is 10.3. The van der Waals surface area contributed by atoms with Crippen LogP contribution in [0.3, 0.4) is 0 Å². The lowest BCUT2D eigenvalue weighted by atomic mass is 10.2. The molecular weight excluding hydrogens is 174 g/mol. The third-order valence-electron chi connectivity index (χ3n) is 2.00. The van der Waals surface area contributed by atoms with Crippen molar-refractivity contribution in [3.8, 4) is 0 Å². The van der Waals surface area contributed by atoms with Gasteiger partial charge < -0.3 is 15.5 Å². The molecule has 0 fully saturated rings. The number of likely N-dealkylation sites (N-methyl/N-ethyl adjacent to an activating group) is 1. The third kappa shape index (κ3) is 11.9. The van der Waals surface area contributed by atoms with E-state index >= 15 is 0 Å². The maximum atomic E-state index is 3.43. The second kappa shape index (κ2) is 9.44. The quantitative estimate of drug-likeness (QED) is 0.540. The maximum Gasteiger partial charge on any atom is 0.0101 e. The molecule has 0 amide bonds. The highest BCUT2D eigenvalue weighted by Crippen LogP contribution is 1.86. The second-order valence-corrected chi connectivity index (χ2v) is 4.50. The largest absolute Gasteiger partial charge is 0.316 e. The molecule has 0 saturated heterocycles. The molecule has 0 rings (SSSR count). The molecule has 3 heteroatoms. The minimum Gasteiger partial charge on any atom is -0.316 e. The van der Waals surface area contributed by atoms with Crippen LogP contribution < -0.4 is 10.6 Å². The molecule has 0 aromatic rings. The fourth-order valence-electron chi connectivity index (χ4n) is 1.16. The van der Waals surface area contributed by atoms with Gasteiger partial charge in [-0.15, -0.1) is 0 Å². The van der Waals surface area contributed by atoms with Gasteiger partial charge in [0, 0.05) is 13.1 Å². The van der Waals surface area contributed by atoms with Gasteiger partial charge in [-0.25, -0.2) is 0 Å². The zero-order chi connectivity index (χ0) is 10.8. The summed E-state index contributed by atoms with van der Waals surface area (Å²) in [6.07, 6.45) is 1.22. The van der Waals surface area contributed by atoms with Crippen molar-refractivity contribution in [1.29, 1.82) is 0 Å². The molecule has 3 nitrogen and oxygen atoms in total. The minimum absolute atomic E-state index is 0.761. The Morgan fingerprint density at radius 1 is 1.00 bits per heavy atom. The molecule has 2 N–H and O–H groups in total. The van der Waals surface area contributed by atoms with Crippen LogP contribution in [0.2, 0.25) is 0 Å². The van der Waals surface area contributed by atoms with Crippen LogP contribution in [0.15, 0.2) is 0 Å². The van der Waals surface area contributed by atoms with Gasteiger partial charge in [0.1, 0.15) is 0 Å². The Morgan fingerprint density at radius 2 is 1.64 bits per heavy atom. The third-order valence-corrected chi connectivity index (χ3v) is 2.00. The highest BCUT2D eigenvalue weighted by atomic mass is 15.1. The van der Waals surface area contributed by atoms with Crippen LogP contribution in [-0.2, 0) is 0 Å². The summed E-state index contributed by atoms with van der Waals surface area (Å²) in [6, 6.07) is 0. The van der Waals surface area contributed by atoms with E-state index < -0.39 is 0 Å². The first-order chi connectivity index (χ1) is 6.63. The Labute approximate surface area is 89.2 Å². The van der Waals surface area contributed by atoms with Crippen molar-refractivity contribution in [3.63, 3.8) is 0 Å². The normalized spacial score (nSPS) is 11.6. The van der Waals surface area contributed by atoms with Gasteiger partial charge in [0.05, 0.1) is 0 Å². The van der Waals surface area contributed by atoms with Crippen molar-refractivity contribution in [1.82, 2.24) is 15.5 Å². The first kappa shape index (κ1) is 13.9. The Balaban J connectivity index is 2.92. The Kier molecular flexibility index (Phi) is 9.35. The molecule has 0 radical (unpaired) electrons. The van der Waals surface area contributed by atoms with E-state index in [1.54, 1.807) is 0 Å². The van der Waals surface area contributed by atoms with Gasteiger partial charge in [0.15, 0.2) is 0 Å². The van der Waals surface area contributed by atoms with Crippen molar-refractivity contribution >= 4 is 0 Å². The fraction of sp³-hybridized carbons (Fsp3) is 1.00. The highest BCUT2D eigenvalue weighted by Gasteiger charge is 1.93. The predicted molar refractivity (Wildman–Crippen MR) is 63.7 cm³/mol. The number of nitrogens with one attached hydrogen (secondary N) is 2.